The molecular weight excluding hydrogens is 237 g/mol. The van der Waals surface area contributed by atoms with Crippen LogP contribution in [0.3, 0.4) is 0 Å². The molecule has 0 aromatic carbocycles. The molecule has 94 valence electrons. The topological polar surface area (TPSA) is 144 Å². The zero-order chi connectivity index (χ0) is 12.6. The summed E-state index contributed by atoms with van der Waals surface area (Å²) in [5.74, 6) is -0.196. The Labute approximate surface area is 95.1 Å². The van der Waals surface area contributed by atoms with Crippen LogP contribution in [0.4, 0.5) is 5.95 Å². The second-order valence-electron chi connectivity index (χ2n) is 3.63. The quantitative estimate of drug-likeness (QED) is 0.402. The largest absolute Gasteiger partial charge is 0.394 e. The smallest absolute Gasteiger partial charge is 0.354 e. The predicted octanol–water partition coefficient (Wildman–Crippen LogP) is -3.17. The zero-order valence-corrected chi connectivity index (χ0v) is 8.67. The summed E-state index contributed by atoms with van der Waals surface area (Å²) in [5.41, 5.74) is 4.46. The van der Waals surface area contributed by atoms with Gasteiger partial charge in [0.25, 0.3) is 0 Å². The Kier molecular flexibility index (Phi) is 3.07. The van der Waals surface area contributed by atoms with E-state index < -0.39 is 36.8 Å². The molecule has 2 rings (SSSR count). The summed E-state index contributed by atoms with van der Waals surface area (Å²) < 4.78 is 6.04. The summed E-state index contributed by atoms with van der Waals surface area (Å²) in [5, 5.41) is 28.1. The Bertz CT molecular complexity index is 463. The molecule has 9 heteroatoms. The van der Waals surface area contributed by atoms with Crippen LogP contribution in [0.5, 0.6) is 0 Å². The van der Waals surface area contributed by atoms with Gasteiger partial charge in [-0.15, -0.1) is 0 Å². The van der Waals surface area contributed by atoms with Crippen LogP contribution in [0.2, 0.25) is 0 Å². The third kappa shape index (κ3) is 2.00. The molecule has 0 unspecified atom stereocenters. The van der Waals surface area contributed by atoms with Crippen molar-refractivity contribution in [2.24, 2.45) is 0 Å². The summed E-state index contributed by atoms with van der Waals surface area (Å²) in [4.78, 5) is 18.4. The van der Waals surface area contributed by atoms with Gasteiger partial charge in [-0.2, -0.15) is 4.98 Å². The van der Waals surface area contributed by atoms with E-state index in [2.05, 4.69) is 9.97 Å². The minimum Gasteiger partial charge on any atom is -0.394 e. The molecule has 1 fully saturated rings. The highest BCUT2D eigenvalue weighted by Crippen LogP contribution is 2.27. The first-order valence-corrected chi connectivity index (χ1v) is 4.87. The van der Waals surface area contributed by atoms with Crippen LogP contribution in [0.25, 0.3) is 0 Å². The Morgan fingerprint density at radius 1 is 1.47 bits per heavy atom. The summed E-state index contributed by atoms with van der Waals surface area (Å²) in [6.07, 6.45) is -3.67. The van der Waals surface area contributed by atoms with E-state index in [0.29, 0.717) is 0 Å². The van der Waals surface area contributed by atoms with Crippen LogP contribution < -0.4 is 11.4 Å². The van der Waals surface area contributed by atoms with Gasteiger partial charge in [0.2, 0.25) is 5.95 Å². The molecule has 0 bridgehead atoms. The molecule has 17 heavy (non-hydrogen) atoms. The molecule has 0 spiro atoms. The van der Waals surface area contributed by atoms with Gasteiger partial charge in [0.1, 0.15) is 24.6 Å². The van der Waals surface area contributed by atoms with Crippen molar-refractivity contribution in [3.05, 3.63) is 16.8 Å². The molecular formula is C8H12N4O5. The second-order valence-corrected chi connectivity index (χ2v) is 3.63. The number of aliphatic hydroxyl groups excluding tert-OH is 3. The maximum Gasteiger partial charge on any atom is 0.354 e. The van der Waals surface area contributed by atoms with E-state index in [4.69, 9.17) is 15.6 Å². The number of ether oxygens (including phenoxy) is 1. The number of aliphatic hydroxyl groups is 3. The van der Waals surface area contributed by atoms with Gasteiger partial charge in [0.15, 0.2) is 6.23 Å². The number of hydrogen-bond donors (Lipinski definition) is 4. The third-order valence-corrected chi connectivity index (χ3v) is 2.54. The molecule has 9 nitrogen and oxygen atoms in total. The van der Waals surface area contributed by atoms with Crippen molar-refractivity contribution in [3.63, 3.8) is 0 Å². The van der Waals surface area contributed by atoms with E-state index in [1.165, 1.54) is 0 Å². The van der Waals surface area contributed by atoms with Crippen LogP contribution in [0, 0.1) is 0 Å². The molecule has 0 saturated carbocycles. The molecule has 2 heterocycles. The number of nitrogen functional groups attached to an aromatic ring is 1. The fourth-order valence-corrected chi connectivity index (χ4v) is 1.64. The highest BCUT2D eigenvalue weighted by atomic mass is 16.8. The normalized spacial score (nSPS) is 32.9. The zero-order valence-electron chi connectivity index (χ0n) is 8.67. The standard InChI is InChI=1S/C8H12N4O5/c9-7-10-2-12(8(16)11-7)6-5(15)4(14)3(1-13)17-6/h2-6,13-15H,1H2,(H2,9,11,16)/t3-,4-,5-,6-/m1/s1/i3+1,4+1,5+1,6+1,8+1. The molecule has 4 atom stereocenters. The highest BCUT2D eigenvalue weighted by molar-refractivity contribution is 5.10. The molecule has 1 aliphatic heterocycles. The van der Waals surface area contributed by atoms with Crippen molar-refractivity contribution in [2.45, 2.75) is 24.5 Å². The number of rotatable bonds is 2. The lowest BCUT2D eigenvalue weighted by atomic mass is 10.9. The first kappa shape index (κ1) is 11.9. The van der Waals surface area contributed by atoms with Crippen LogP contribution in [-0.2, 0) is 4.74 Å². The van der Waals surface area contributed by atoms with Crippen LogP contribution in [0.1, 0.15) is 6.23 Å². The van der Waals surface area contributed by atoms with Crippen LogP contribution in [-0.4, -0.2) is 54.8 Å². The predicted molar refractivity (Wildman–Crippen MR) is 53.7 cm³/mol. The minimum absolute atomic E-state index is 0.196. The molecule has 0 aliphatic carbocycles. The van der Waals surface area contributed by atoms with Crippen molar-refractivity contribution < 1.29 is 20.1 Å². The summed E-state index contributed by atoms with van der Waals surface area (Å²) in [6.45, 7) is -0.473. The summed E-state index contributed by atoms with van der Waals surface area (Å²) >= 11 is 0. The maximum absolute atomic E-state index is 11.5. The van der Waals surface area contributed by atoms with Crippen LogP contribution >= 0.6 is 0 Å². The molecule has 1 aliphatic rings. The van der Waals surface area contributed by atoms with E-state index in [9.17, 15) is 15.0 Å². The average Bonchev–Trinajstić information content (AvgIpc) is 2.57. The Hall–Kier alpha value is -1.55. The molecule has 0 amide bonds. The molecule has 1 aromatic heterocycles. The van der Waals surface area contributed by atoms with Gasteiger partial charge < -0.3 is 25.8 Å². The average molecular weight is 249 g/mol. The lowest BCUT2D eigenvalue weighted by Gasteiger charge is -2.16. The van der Waals surface area contributed by atoms with Gasteiger partial charge in [-0.3, -0.25) is 4.57 Å². The number of nitrogens with zero attached hydrogens (tertiary/aromatic N) is 3. The lowest BCUT2D eigenvalue weighted by molar-refractivity contribution is -0.0554. The minimum atomic E-state index is -1.35. The summed E-state index contributed by atoms with van der Waals surface area (Å²) in [6, 6.07) is 0. The van der Waals surface area contributed by atoms with Gasteiger partial charge >= 0.3 is 5.69 Å². The monoisotopic (exact) mass is 249 g/mol. The van der Waals surface area contributed by atoms with Crippen molar-refractivity contribution in [1.29, 1.82) is 0 Å². The van der Waals surface area contributed by atoms with E-state index >= 15 is 0 Å². The van der Waals surface area contributed by atoms with Gasteiger partial charge in [-0.25, -0.2) is 9.78 Å². The molecule has 1 aromatic rings. The second kappa shape index (κ2) is 4.37. The molecule has 5 N–H and O–H groups in total. The van der Waals surface area contributed by atoms with E-state index in [-0.39, 0.29) is 5.95 Å². The van der Waals surface area contributed by atoms with Gasteiger partial charge in [0.05, 0.1) is 6.61 Å². The van der Waals surface area contributed by atoms with Crippen molar-refractivity contribution in [3.8, 4) is 0 Å². The lowest BCUT2D eigenvalue weighted by Crippen LogP contribution is -2.36. The first-order valence-electron chi connectivity index (χ1n) is 4.87. The summed E-state index contributed by atoms with van der Waals surface area (Å²) in [7, 11) is 0. The van der Waals surface area contributed by atoms with Crippen molar-refractivity contribution in [1.82, 2.24) is 14.5 Å². The number of hydrogen-bond acceptors (Lipinski definition) is 8. The van der Waals surface area contributed by atoms with E-state index in [1.807, 2.05) is 0 Å². The first-order chi connectivity index (χ1) is 8.04. The van der Waals surface area contributed by atoms with Gasteiger partial charge in [-0.1, -0.05) is 0 Å². The Morgan fingerprint density at radius 3 is 2.71 bits per heavy atom. The fraction of sp³-hybridized carbons (Fsp3) is 0.625. The SMILES string of the molecule is Nc1ncn([13C@@H]2O[13C@H](CO)[13C@@H](O)[13C@H]2O)[13c](=O)n1. The number of anilines is 1. The Balaban J connectivity index is 2.32. The van der Waals surface area contributed by atoms with Crippen molar-refractivity contribution in [2.75, 3.05) is 12.3 Å². The Morgan fingerprint density at radius 2 is 2.18 bits per heavy atom. The number of nitrogens with two attached hydrogens (primary N) is 1. The van der Waals surface area contributed by atoms with Crippen LogP contribution in [0.15, 0.2) is 11.1 Å². The van der Waals surface area contributed by atoms with Gasteiger partial charge in [-0.05, 0) is 0 Å². The van der Waals surface area contributed by atoms with E-state index in [0.717, 1.165) is 10.9 Å². The maximum atomic E-state index is 11.5. The molecule has 1 saturated heterocycles. The fourth-order valence-electron chi connectivity index (χ4n) is 1.64. The van der Waals surface area contributed by atoms with Gasteiger partial charge in [0, 0.05) is 0 Å². The number of aromatic nitrogens is 3. The van der Waals surface area contributed by atoms with E-state index in [1.54, 1.807) is 0 Å². The highest BCUT2D eigenvalue weighted by Gasteiger charge is 2.43. The molecule has 0 radical (unpaired) electrons. The third-order valence-electron chi connectivity index (χ3n) is 2.54. The van der Waals surface area contributed by atoms with Crippen molar-refractivity contribution >= 4 is 5.95 Å².